The Morgan fingerprint density at radius 1 is 1.33 bits per heavy atom. The third-order valence-electron chi connectivity index (χ3n) is 4.62. The lowest BCUT2D eigenvalue weighted by molar-refractivity contribution is -0.134. The summed E-state index contributed by atoms with van der Waals surface area (Å²) in [4.78, 5) is 12.2. The van der Waals surface area contributed by atoms with Gasteiger partial charge in [-0.3, -0.25) is 4.79 Å². The summed E-state index contributed by atoms with van der Waals surface area (Å²) >= 11 is 0. The minimum absolute atomic E-state index is 0.00371. The molecule has 0 aromatic heterocycles. The number of amides is 1. The van der Waals surface area contributed by atoms with Crippen molar-refractivity contribution in [2.24, 2.45) is 5.73 Å². The molecule has 122 valence electrons. The quantitative estimate of drug-likeness (QED) is 0.751. The zero-order chi connectivity index (χ0) is 15.1. The molecular weight excluding hydrogens is 268 g/mol. The molecule has 2 aliphatic rings. The smallest absolute Gasteiger partial charge is 0.249 e. The summed E-state index contributed by atoms with van der Waals surface area (Å²) < 4.78 is 11.7. The third kappa shape index (κ3) is 4.66. The van der Waals surface area contributed by atoms with E-state index >= 15 is 0 Å². The van der Waals surface area contributed by atoms with Gasteiger partial charge in [-0.2, -0.15) is 0 Å². The molecule has 0 radical (unpaired) electrons. The van der Waals surface area contributed by atoms with E-state index in [-0.39, 0.29) is 23.7 Å². The average Bonchev–Trinajstić information content (AvgIpc) is 3.01. The van der Waals surface area contributed by atoms with Crippen molar-refractivity contribution in [3.8, 4) is 0 Å². The maximum atomic E-state index is 12.2. The minimum atomic E-state index is -0.328. The largest absolute Gasteiger partial charge is 0.373 e. The number of carbonyl (C=O) groups is 1. The van der Waals surface area contributed by atoms with Crippen LogP contribution in [0.15, 0.2) is 0 Å². The normalized spacial score (nSPS) is 28.5. The first-order valence-corrected chi connectivity index (χ1v) is 8.46. The molecule has 5 heteroatoms. The Morgan fingerprint density at radius 2 is 2.10 bits per heavy atom. The van der Waals surface area contributed by atoms with Gasteiger partial charge in [-0.05, 0) is 32.1 Å². The highest BCUT2D eigenvalue weighted by molar-refractivity contribution is 5.81. The van der Waals surface area contributed by atoms with Crippen LogP contribution in [0.4, 0.5) is 0 Å². The first-order chi connectivity index (χ1) is 10.2. The molecule has 1 saturated carbocycles. The second-order valence-corrected chi connectivity index (χ2v) is 6.37. The SMILES string of the molecule is CCCOC1(CNC(=O)[C@@H]2CC[C@H](CN)O2)CCCCC1. The lowest BCUT2D eigenvalue weighted by Gasteiger charge is -2.37. The predicted octanol–water partition coefficient (Wildman–Crippen LogP) is 1.74. The Bertz CT molecular complexity index is 329. The van der Waals surface area contributed by atoms with E-state index in [4.69, 9.17) is 15.2 Å². The number of rotatable bonds is 7. The summed E-state index contributed by atoms with van der Waals surface area (Å²) in [6.45, 7) is 3.99. The lowest BCUT2D eigenvalue weighted by Crippen LogP contribution is -2.49. The number of hydrogen-bond donors (Lipinski definition) is 2. The number of nitrogens with two attached hydrogens (primary N) is 1. The fraction of sp³-hybridized carbons (Fsp3) is 0.938. The van der Waals surface area contributed by atoms with Crippen LogP contribution in [-0.2, 0) is 14.3 Å². The summed E-state index contributed by atoms with van der Waals surface area (Å²) in [5, 5.41) is 3.06. The van der Waals surface area contributed by atoms with E-state index in [1.54, 1.807) is 0 Å². The number of carbonyl (C=O) groups excluding carboxylic acids is 1. The molecule has 1 saturated heterocycles. The molecule has 0 unspecified atom stereocenters. The van der Waals surface area contributed by atoms with Crippen LogP contribution in [0.5, 0.6) is 0 Å². The van der Waals surface area contributed by atoms with Gasteiger partial charge < -0.3 is 20.5 Å². The van der Waals surface area contributed by atoms with Crippen molar-refractivity contribution < 1.29 is 14.3 Å². The molecule has 0 aromatic carbocycles. The Labute approximate surface area is 127 Å². The highest BCUT2D eigenvalue weighted by atomic mass is 16.5. The summed E-state index contributed by atoms with van der Waals surface area (Å²) in [6, 6.07) is 0. The Balaban J connectivity index is 1.82. The van der Waals surface area contributed by atoms with Crippen molar-refractivity contribution >= 4 is 5.91 Å². The van der Waals surface area contributed by atoms with E-state index < -0.39 is 0 Å². The zero-order valence-electron chi connectivity index (χ0n) is 13.2. The van der Waals surface area contributed by atoms with Crippen molar-refractivity contribution in [3.63, 3.8) is 0 Å². The monoisotopic (exact) mass is 298 g/mol. The van der Waals surface area contributed by atoms with E-state index in [1.165, 1.54) is 19.3 Å². The van der Waals surface area contributed by atoms with Gasteiger partial charge >= 0.3 is 0 Å². The number of ether oxygens (including phenoxy) is 2. The fourth-order valence-electron chi connectivity index (χ4n) is 3.32. The van der Waals surface area contributed by atoms with Crippen LogP contribution in [0.25, 0.3) is 0 Å². The predicted molar refractivity (Wildman–Crippen MR) is 82.0 cm³/mol. The summed E-state index contributed by atoms with van der Waals surface area (Å²) in [6.07, 6.45) is 8.13. The van der Waals surface area contributed by atoms with E-state index in [1.807, 2.05) is 0 Å². The Hall–Kier alpha value is -0.650. The molecule has 1 heterocycles. The molecule has 1 amide bonds. The van der Waals surface area contributed by atoms with Crippen LogP contribution < -0.4 is 11.1 Å². The van der Waals surface area contributed by atoms with Gasteiger partial charge in [-0.15, -0.1) is 0 Å². The fourth-order valence-corrected chi connectivity index (χ4v) is 3.32. The minimum Gasteiger partial charge on any atom is -0.373 e. The first kappa shape index (κ1) is 16.7. The standard InChI is InChI=1S/C16H30N2O3/c1-2-10-20-16(8-4-3-5-9-16)12-18-15(19)14-7-6-13(11-17)21-14/h13-14H,2-12,17H2,1H3,(H,18,19)/t13-,14+/m1/s1. The molecular formula is C16H30N2O3. The summed E-state index contributed by atoms with van der Waals surface area (Å²) in [5.41, 5.74) is 5.43. The Kier molecular flexibility index (Phi) is 6.45. The molecule has 3 N–H and O–H groups in total. The molecule has 2 rings (SSSR count). The van der Waals surface area contributed by atoms with E-state index in [9.17, 15) is 4.79 Å². The topological polar surface area (TPSA) is 73.6 Å². The van der Waals surface area contributed by atoms with Crippen molar-refractivity contribution in [2.45, 2.75) is 76.1 Å². The molecule has 0 aromatic rings. The maximum Gasteiger partial charge on any atom is 0.249 e. The van der Waals surface area contributed by atoms with Crippen molar-refractivity contribution in [2.75, 3.05) is 19.7 Å². The van der Waals surface area contributed by atoms with Gasteiger partial charge in [-0.25, -0.2) is 0 Å². The van der Waals surface area contributed by atoms with Crippen molar-refractivity contribution in [1.29, 1.82) is 0 Å². The molecule has 1 aliphatic heterocycles. The van der Waals surface area contributed by atoms with E-state index in [2.05, 4.69) is 12.2 Å². The highest BCUT2D eigenvalue weighted by Crippen LogP contribution is 2.31. The van der Waals surface area contributed by atoms with E-state index in [0.29, 0.717) is 13.1 Å². The van der Waals surface area contributed by atoms with Gasteiger partial charge in [0.05, 0.1) is 11.7 Å². The van der Waals surface area contributed by atoms with Gasteiger partial charge in [-0.1, -0.05) is 26.2 Å². The van der Waals surface area contributed by atoms with Crippen molar-refractivity contribution in [1.82, 2.24) is 5.32 Å². The zero-order valence-corrected chi connectivity index (χ0v) is 13.2. The molecule has 0 bridgehead atoms. The van der Waals surface area contributed by atoms with Crippen LogP contribution in [0.2, 0.25) is 0 Å². The molecule has 21 heavy (non-hydrogen) atoms. The Morgan fingerprint density at radius 3 is 2.71 bits per heavy atom. The summed E-state index contributed by atoms with van der Waals surface area (Å²) in [5.74, 6) is -0.00371. The molecule has 1 aliphatic carbocycles. The second kappa shape index (κ2) is 8.11. The molecule has 2 fully saturated rings. The van der Waals surface area contributed by atoms with Gasteiger partial charge in [0.15, 0.2) is 0 Å². The van der Waals surface area contributed by atoms with Gasteiger partial charge in [0.25, 0.3) is 0 Å². The number of nitrogens with one attached hydrogen (secondary N) is 1. The lowest BCUT2D eigenvalue weighted by atomic mass is 9.84. The van der Waals surface area contributed by atoms with E-state index in [0.717, 1.165) is 38.7 Å². The number of hydrogen-bond acceptors (Lipinski definition) is 4. The molecule has 2 atom stereocenters. The maximum absolute atomic E-state index is 12.2. The van der Waals surface area contributed by atoms with Gasteiger partial charge in [0.2, 0.25) is 5.91 Å². The van der Waals surface area contributed by atoms with Crippen LogP contribution in [0.3, 0.4) is 0 Å². The van der Waals surface area contributed by atoms with Crippen LogP contribution in [0, 0.1) is 0 Å². The van der Waals surface area contributed by atoms with Crippen molar-refractivity contribution in [3.05, 3.63) is 0 Å². The second-order valence-electron chi connectivity index (χ2n) is 6.37. The highest BCUT2D eigenvalue weighted by Gasteiger charge is 2.35. The van der Waals surface area contributed by atoms with Crippen LogP contribution in [-0.4, -0.2) is 43.4 Å². The van der Waals surface area contributed by atoms with Gasteiger partial charge in [0.1, 0.15) is 6.10 Å². The molecule has 5 nitrogen and oxygen atoms in total. The average molecular weight is 298 g/mol. The van der Waals surface area contributed by atoms with Crippen LogP contribution >= 0.6 is 0 Å². The first-order valence-electron chi connectivity index (χ1n) is 8.46. The van der Waals surface area contributed by atoms with Gasteiger partial charge in [0, 0.05) is 19.7 Å². The van der Waals surface area contributed by atoms with Crippen LogP contribution in [0.1, 0.15) is 58.3 Å². The molecule has 0 spiro atoms. The summed E-state index contributed by atoms with van der Waals surface area (Å²) in [7, 11) is 0. The third-order valence-corrected chi connectivity index (χ3v) is 4.62.